The second-order valence-corrected chi connectivity index (χ2v) is 3.47. The highest BCUT2D eigenvalue weighted by Gasteiger charge is 1.88. The monoisotopic (exact) mass is 274 g/mol. The molecule has 0 fully saturated rings. The van der Waals surface area contributed by atoms with Crippen molar-refractivity contribution in [3.05, 3.63) is 39.5 Å². The molecular formula is C9H7IO2. The molecule has 0 bridgehead atoms. The lowest BCUT2D eigenvalue weighted by atomic mass is 10.2. The van der Waals surface area contributed by atoms with Crippen LogP contribution in [0.3, 0.4) is 0 Å². The van der Waals surface area contributed by atoms with E-state index in [9.17, 15) is 4.79 Å². The van der Waals surface area contributed by atoms with Crippen LogP contribution in [0.25, 0.3) is 6.08 Å². The third-order valence-corrected chi connectivity index (χ3v) is 2.01. The Morgan fingerprint density at radius 3 is 2.42 bits per heavy atom. The van der Waals surface area contributed by atoms with Gasteiger partial charge in [-0.1, -0.05) is 12.1 Å². The maximum absolute atomic E-state index is 10.2. The lowest BCUT2D eigenvalue weighted by molar-refractivity contribution is -0.131. The normalized spacial score (nSPS) is 10.4. The zero-order chi connectivity index (χ0) is 8.97. The predicted molar refractivity (Wildman–Crippen MR) is 55.8 cm³/mol. The third kappa shape index (κ3) is 3.04. The minimum absolute atomic E-state index is 0.901. The van der Waals surface area contributed by atoms with Crippen molar-refractivity contribution in [3.8, 4) is 0 Å². The standard InChI is InChI=1S/C9H7IO2/c10-8-4-1-7(2-5-8)3-6-9(11)12/h1-6H,(H,11,12). The molecule has 62 valence electrons. The summed E-state index contributed by atoms with van der Waals surface area (Å²) in [5.41, 5.74) is 0.901. The van der Waals surface area contributed by atoms with E-state index < -0.39 is 5.97 Å². The summed E-state index contributed by atoms with van der Waals surface area (Å²) >= 11 is 2.20. The van der Waals surface area contributed by atoms with Crippen LogP contribution in [0, 0.1) is 3.57 Å². The van der Waals surface area contributed by atoms with Crippen molar-refractivity contribution >= 4 is 34.6 Å². The summed E-state index contributed by atoms with van der Waals surface area (Å²) in [6.45, 7) is 0. The Bertz CT molecular complexity index is 301. The van der Waals surface area contributed by atoms with Crippen LogP contribution in [-0.2, 0) is 4.79 Å². The fourth-order valence-corrected chi connectivity index (χ4v) is 1.10. The first kappa shape index (κ1) is 9.25. The van der Waals surface area contributed by atoms with Gasteiger partial charge in [0.2, 0.25) is 0 Å². The van der Waals surface area contributed by atoms with Crippen LogP contribution >= 0.6 is 22.6 Å². The zero-order valence-electron chi connectivity index (χ0n) is 6.20. The maximum atomic E-state index is 10.2. The number of carboxylic acid groups (broad SMARTS) is 1. The quantitative estimate of drug-likeness (QED) is 0.664. The Kier molecular flexibility index (Phi) is 3.28. The number of carbonyl (C=O) groups is 1. The molecule has 1 aromatic rings. The lowest BCUT2D eigenvalue weighted by Crippen LogP contribution is -1.85. The van der Waals surface area contributed by atoms with Crippen LogP contribution < -0.4 is 0 Å². The molecule has 0 aromatic heterocycles. The van der Waals surface area contributed by atoms with Crippen LogP contribution in [0.1, 0.15) is 5.56 Å². The van der Waals surface area contributed by atoms with E-state index in [2.05, 4.69) is 22.6 Å². The third-order valence-electron chi connectivity index (χ3n) is 1.29. The van der Waals surface area contributed by atoms with Gasteiger partial charge in [0.05, 0.1) is 0 Å². The van der Waals surface area contributed by atoms with Crippen molar-refractivity contribution in [1.82, 2.24) is 0 Å². The number of hydrogen-bond donors (Lipinski definition) is 1. The Morgan fingerprint density at radius 1 is 1.33 bits per heavy atom. The fourth-order valence-electron chi connectivity index (χ4n) is 0.741. The highest BCUT2D eigenvalue weighted by atomic mass is 127. The number of benzene rings is 1. The van der Waals surface area contributed by atoms with Crippen LogP contribution in [-0.4, -0.2) is 11.1 Å². The zero-order valence-corrected chi connectivity index (χ0v) is 8.36. The second kappa shape index (κ2) is 4.25. The molecular weight excluding hydrogens is 267 g/mol. The fraction of sp³-hybridized carbons (Fsp3) is 0. The van der Waals surface area contributed by atoms with E-state index in [-0.39, 0.29) is 0 Å². The number of aliphatic carboxylic acids is 1. The molecule has 0 radical (unpaired) electrons. The molecule has 1 N–H and O–H groups in total. The molecule has 0 unspecified atom stereocenters. The van der Waals surface area contributed by atoms with E-state index in [0.717, 1.165) is 15.2 Å². The summed E-state index contributed by atoms with van der Waals surface area (Å²) in [5.74, 6) is -0.923. The van der Waals surface area contributed by atoms with E-state index in [1.165, 1.54) is 0 Å². The molecule has 1 rings (SSSR count). The summed E-state index contributed by atoms with van der Waals surface area (Å²) in [6, 6.07) is 7.62. The van der Waals surface area contributed by atoms with Gasteiger partial charge in [-0.3, -0.25) is 0 Å². The number of carboxylic acids is 1. The van der Waals surface area contributed by atoms with E-state index in [1.54, 1.807) is 6.08 Å². The molecule has 0 amide bonds. The molecule has 12 heavy (non-hydrogen) atoms. The van der Waals surface area contributed by atoms with Gasteiger partial charge < -0.3 is 5.11 Å². The lowest BCUT2D eigenvalue weighted by Gasteiger charge is -1.91. The molecule has 0 aliphatic carbocycles. The molecule has 1 aromatic carbocycles. The molecule has 0 aliphatic heterocycles. The van der Waals surface area contributed by atoms with Crippen LogP contribution in [0.2, 0.25) is 0 Å². The van der Waals surface area contributed by atoms with Gasteiger partial charge in [-0.15, -0.1) is 0 Å². The van der Waals surface area contributed by atoms with Crippen molar-refractivity contribution in [2.24, 2.45) is 0 Å². The Morgan fingerprint density at radius 2 is 1.92 bits per heavy atom. The molecule has 0 aliphatic rings. The summed E-state index contributed by atoms with van der Waals surface area (Å²) < 4.78 is 1.14. The summed E-state index contributed by atoms with van der Waals surface area (Å²) in [6.07, 6.45) is 2.70. The highest BCUT2D eigenvalue weighted by Crippen LogP contribution is 2.07. The summed E-state index contributed by atoms with van der Waals surface area (Å²) in [4.78, 5) is 10.2. The van der Waals surface area contributed by atoms with Crippen molar-refractivity contribution in [3.63, 3.8) is 0 Å². The van der Waals surface area contributed by atoms with Crippen molar-refractivity contribution in [1.29, 1.82) is 0 Å². The number of halogens is 1. The predicted octanol–water partition coefficient (Wildman–Crippen LogP) is 2.39. The molecule has 0 spiro atoms. The molecule has 0 saturated carbocycles. The van der Waals surface area contributed by atoms with Gasteiger partial charge >= 0.3 is 5.97 Å². The maximum Gasteiger partial charge on any atom is 0.328 e. The Labute approximate surface area is 84.1 Å². The summed E-state index contributed by atoms with van der Waals surface area (Å²) in [7, 11) is 0. The van der Waals surface area contributed by atoms with Crippen molar-refractivity contribution in [2.75, 3.05) is 0 Å². The minimum atomic E-state index is -0.923. The first-order valence-corrected chi connectivity index (χ1v) is 4.43. The minimum Gasteiger partial charge on any atom is -0.478 e. The van der Waals surface area contributed by atoms with Crippen LogP contribution in [0.4, 0.5) is 0 Å². The second-order valence-electron chi connectivity index (χ2n) is 2.22. The SMILES string of the molecule is O=C(O)C=Cc1ccc(I)cc1. The van der Waals surface area contributed by atoms with Gasteiger partial charge in [-0.25, -0.2) is 4.79 Å². The largest absolute Gasteiger partial charge is 0.478 e. The number of rotatable bonds is 2. The Hall–Kier alpha value is -0.840. The van der Waals surface area contributed by atoms with Crippen LogP contribution in [0.5, 0.6) is 0 Å². The molecule has 0 atom stereocenters. The van der Waals surface area contributed by atoms with E-state index >= 15 is 0 Å². The molecule has 0 saturated heterocycles. The smallest absolute Gasteiger partial charge is 0.328 e. The van der Waals surface area contributed by atoms with E-state index in [4.69, 9.17) is 5.11 Å². The molecule has 2 nitrogen and oxygen atoms in total. The van der Waals surface area contributed by atoms with Crippen molar-refractivity contribution in [2.45, 2.75) is 0 Å². The van der Waals surface area contributed by atoms with Gasteiger partial charge in [0, 0.05) is 9.65 Å². The van der Waals surface area contributed by atoms with E-state index in [0.29, 0.717) is 0 Å². The first-order chi connectivity index (χ1) is 5.68. The van der Waals surface area contributed by atoms with Gasteiger partial charge in [0.15, 0.2) is 0 Å². The first-order valence-electron chi connectivity index (χ1n) is 3.35. The van der Waals surface area contributed by atoms with Gasteiger partial charge in [0.25, 0.3) is 0 Å². The van der Waals surface area contributed by atoms with Gasteiger partial charge in [0.1, 0.15) is 0 Å². The van der Waals surface area contributed by atoms with E-state index in [1.807, 2.05) is 24.3 Å². The topological polar surface area (TPSA) is 37.3 Å². The average molecular weight is 274 g/mol. The Balaban J connectivity index is 2.77. The number of hydrogen-bond acceptors (Lipinski definition) is 1. The van der Waals surface area contributed by atoms with Crippen molar-refractivity contribution < 1.29 is 9.90 Å². The molecule has 0 heterocycles. The van der Waals surface area contributed by atoms with Crippen LogP contribution in [0.15, 0.2) is 30.3 Å². The van der Waals surface area contributed by atoms with Gasteiger partial charge in [-0.05, 0) is 46.4 Å². The highest BCUT2D eigenvalue weighted by molar-refractivity contribution is 14.1. The summed E-state index contributed by atoms with van der Waals surface area (Å²) in [5, 5.41) is 8.34. The average Bonchev–Trinajstić information content (AvgIpc) is 2.03. The van der Waals surface area contributed by atoms with Gasteiger partial charge in [-0.2, -0.15) is 0 Å². The molecule has 3 heteroatoms.